The number of thiophene rings is 1. The quantitative estimate of drug-likeness (QED) is 0.378. The molecule has 3 heterocycles. The highest BCUT2D eigenvalue weighted by atomic mass is 127. The highest BCUT2D eigenvalue weighted by Gasteiger charge is 2.19. The maximum Gasteiger partial charge on any atom is 0.194 e. The van der Waals surface area contributed by atoms with Gasteiger partial charge >= 0.3 is 0 Å². The number of hydrogen-bond acceptors (Lipinski definition) is 4. The lowest BCUT2D eigenvalue weighted by molar-refractivity contribution is 0.181. The highest BCUT2D eigenvalue weighted by Crippen LogP contribution is 2.14. The van der Waals surface area contributed by atoms with E-state index in [-0.39, 0.29) is 24.0 Å². The second-order valence-electron chi connectivity index (χ2n) is 6.09. The first-order valence-corrected chi connectivity index (χ1v) is 9.31. The van der Waals surface area contributed by atoms with Crippen molar-refractivity contribution in [2.75, 3.05) is 33.4 Å². The summed E-state index contributed by atoms with van der Waals surface area (Å²) < 4.78 is 10.9. The molecule has 0 bridgehead atoms. The SMILES string of the molecule is CN(CC1CCOC1)C(=NCc1cccs1)NCCc1ccco1.I. The molecule has 1 atom stereocenters. The fourth-order valence-electron chi connectivity index (χ4n) is 2.82. The monoisotopic (exact) mass is 475 g/mol. The minimum absolute atomic E-state index is 0. The van der Waals surface area contributed by atoms with Crippen LogP contribution in [0, 0.1) is 5.92 Å². The molecular weight excluding hydrogens is 449 g/mol. The molecule has 0 aromatic carbocycles. The van der Waals surface area contributed by atoms with Crippen LogP contribution in [0.15, 0.2) is 45.3 Å². The van der Waals surface area contributed by atoms with Crippen LogP contribution in [0.4, 0.5) is 0 Å². The molecule has 138 valence electrons. The second kappa shape index (κ2) is 10.8. The first-order chi connectivity index (χ1) is 11.8. The second-order valence-corrected chi connectivity index (χ2v) is 7.12. The van der Waals surface area contributed by atoms with Crippen molar-refractivity contribution in [3.63, 3.8) is 0 Å². The fraction of sp³-hybridized carbons (Fsp3) is 0.500. The lowest BCUT2D eigenvalue weighted by Crippen LogP contribution is -2.42. The molecule has 5 nitrogen and oxygen atoms in total. The van der Waals surface area contributed by atoms with Crippen molar-refractivity contribution in [3.05, 3.63) is 46.5 Å². The number of hydrogen-bond donors (Lipinski definition) is 1. The molecule has 3 rings (SSSR count). The van der Waals surface area contributed by atoms with E-state index in [0.717, 1.165) is 50.9 Å². The number of nitrogens with one attached hydrogen (secondary N) is 1. The number of aliphatic imine (C=N–C) groups is 1. The third-order valence-corrected chi connectivity index (χ3v) is 4.98. The van der Waals surface area contributed by atoms with Crippen molar-refractivity contribution in [3.8, 4) is 0 Å². The summed E-state index contributed by atoms with van der Waals surface area (Å²) in [6, 6.07) is 8.12. The van der Waals surface area contributed by atoms with E-state index in [1.165, 1.54) is 4.88 Å². The van der Waals surface area contributed by atoms with Crippen LogP contribution in [0.3, 0.4) is 0 Å². The summed E-state index contributed by atoms with van der Waals surface area (Å²) in [7, 11) is 2.10. The Hall–Kier alpha value is -1.06. The van der Waals surface area contributed by atoms with Gasteiger partial charge in [-0.15, -0.1) is 35.3 Å². The predicted molar refractivity (Wildman–Crippen MR) is 113 cm³/mol. The number of rotatable bonds is 7. The van der Waals surface area contributed by atoms with Gasteiger partial charge in [-0.05, 0) is 30.0 Å². The molecule has 1 aliphatic heterocycles. The van der Waals surface area contributed by atoms with E-state index in [9.17, 15) is 0 Å². The first-order valence-electron chi connectivity index (χ1n) is 8.43. The number of nitrogens with zero attached hydrogens (tertiary/aromatic N) is 2. The Bertz CT molecular complexity index is 610. The number of halogens is 1. The highest BCUT2D eigenvalue weighted by molar-refractivity contribution is 14.0. The summed E-state index contributed by atoms with van der Waals surface area (Å²) in [6.45, 7) is 4.23. The van der Waals surface area contributed by atoms with Crippen LogP contribution in [-0.4, -0.2) is 44.2 Å². The van der Waals surface area contributed by atoms with E-state index in [1.54, 1.807) is 17.6 Å². The van der Waals surface area contributed by atoms with Gasteiger partial charge in [-0.1, -0.05) is 6.07 Å². The Labute approximate surface area is 170 Å². The molecule has 1 aliphatic rings. The van der Waals surface area contributed by atoms with Gasteiger partial charge in [0.05, 0.1) is 19.4 Å². The van der Waals surface area contributed by atoms with E-state index >= 15 is 0 Å². The van der Waals surface area contributed by atoms with Gasteiger partial charge in [-0.2, -0.15) is 0 Å². The molecule has 1 fully saturated rings. The maximum absolute atomic E-state index is 5.49. The smallest absolute Gasteiger partial charge is 0.194 e. The number of furan rings is 1. The molecule has 1 N–H and O–H groups in total. The van der Waals surface area contributed by atoms with Crippen molar-refractivity contribution >= 4 is 41.3 Å². The van der Waals surface area contributed by atoms with Crippen LogP contribution in [0.25, 0.3) is 0 Å². The molecule has 2 aromatic rings. The summed E-state index contributed by atoms with van der Waals surface area (Å²) in [5, 5.41) is 5.57. The molecule has 0 amide bonds. The average molecular weight is 475 g/mol. The number of ether oxygens (including phenoxy) is 1. The van der Waals surface area contributed by atoms with Crippen molar-refractivity contribution < 1.29 is 9.15 Å². The molecule has 1 unspecified atom stereocenters. The molecule has 7 heteroatoms. The standard InChI is InChI=1S/C18H25N3O2S.HI/c1-21(13-15-7-10-22-14-15)18(20-12-17-5-3-11-24-17)19-8-6-16-4-2-9-23-16;/h2-5,9,11,15H,6-8,10,12-14H2,1H3,(H,19,20);1H. The van der Waals surface area contributed by atoms with Gasteiger partial charge in [0.2, 0.25) is 0 Å². The van der Waals surface area contributed by atoms with E-state index in [0.29, 0.717) is 12.5 Å². The van der Waals surface area contributed by atoms with Crippen molar-refractivity contribution in [1.82, 2.24) is 10.2 Å². The van der Waals surface area contributed by atoms with Gasteiger partial charge in [0, 0.05) is 44.0 Å². The average Bonchev–Trinajstić information content (AvgIpc) is 3.32. The minimum atomic E-state index is 0. The van der Waals surface area contributed by atoms with E-state index in [4.69, 9.17) is 14.1 Å². The molecule has 0 radical (unpaired) electrons. The third-order valence-electron chi connectivity index (χ3n) is 4.12. The van der Waals surface area contributed by atoms with Crippen LogP contribution >= 0.6 is 35.3 Å². The van der Waals surface area contributed by atoms with Crippen LogP contribution in [-0.2, 0) is 17.7 Å². The summed E-state index contributed by atoms with van der Waals surface area (Å²) in [4.78, 5) is 8.29. The van der Waals surface area contributed by atoms with Gasteiger partial charge in [-0.25, -0.2) is 4.99 Å². The zero-order valence-electron chi connectivity index (χ0n) is 14.5. The third kappa shape index (κ3) is 6.63. The lowest BCUT2D eigenvalue weighted by atomic mass is 10.1. The van der Waals surface area contributed by atoms with Crippen LogP contribution in [0.1, 0.15) is 17.1 Å². The van der Waals surface area contributed by atoms with E-state index in [1.807, 2.05) is 12.1 Å². The normalized spacial score (nSPS) is 17.3. The topological polar surface area (TPSA) is 50.0 Å². The molecular formula is C18H26IN3O2S. The van der Waals surface area contributed by atoms with E-state index < -0.39 is 0 Å². The molecule has 0 aliphatic carbocycles. The molecule has 25 heavy (non-hydrogen) atoms. The Kier molecular flexibility index (Phi) is 8.77. The van der Waals surface area contributed by atoms with E-state index in [2.05, 4.69) is 34.8 Å². The molecule has 2 aromatic heterocycles. The Morgan fingerprint density at radius 3 is 3.00 bits per heavy atom. The lowest BCUT2D eigenvalue weighted by Gasteiger charge is -2.24. The number of guanidine groups is 1. The molecule has 0 saturated carbocycles. The van der Waals surface area contributed by atoms with Crippen molar-refractivity contribution in [2.45, 2.75) is 19.4 Å². The predicted octanol–water partition coefficient (Wildman–Crippen LogP) is 3.62. The largest absolute Gasteiger partial charge is 0.469 e. The minimum Gasteiger partial charge on any atom is -0.469 e. The van der Waals surface area contributed by atoms with Crippen LogP contribution in [0.5, 0.6) is 0 Å². The Balaban J connectivity index is 0.00000225. The summed E-state index contributed by atoms with van der Waals surface area (Å²) in [6.07, 6.45) is 3.70. The van der Waals surface area contributed by atoms with Gasteiger partial charge < -0.3 is 19.4 Å². The van der Waals surface area contributed by atoms with Gasteiger partial charge in [0.15, 0.2) is 5.96 Å². The van der Waals surface area contributed by atoms with Gasteiger partial charge in [-0.3, -0.25) is 0 Å². The summed E-state index contributed by atoms with van der Waals surface area (Å²) in [5.41, 5.74) is 0. The van der Waals surface area contributed by atoms with Crippen molar-refractivity contribution in [2.24, 2.45) is 10.9 Å². The van der Waals surface area contributed by atoms with Gasteiger partial charge in [0.1, 0.15) is 5.76 Å². The van der Waals surface area contributed by atoms with Crippen molar-refractivity contribution in [1.29, 1.82) is 0 Å². The Morgan fingerprint density at radius 1 is 1.40 bits per heavy atom. The fourth-order valence-corrected chi connectivity index (χ4v) is 3.45. The van der Waals surface area contributed by atoms with Gasteiger partial charge in [0.25, 0.3) is 0 Å². The molecule has 0 spiro atoms. The zero-order valence-corrected chi connectivity index (χ0v) is 17.7. The first kappa shape index (κ1) is 20.3. The maximum atomic E-state index is 5.49. The Morgan fingerprint density at radius 2 is 2.32 bits per heavy atom. The van der Waals surface area contributed by atoms with Crippen LogP contribution in [0.2, 0.25) is 0 Å². The summed E-state index contributed by atoms with van der Waals surface area (Å²) >= 11 is 1.74. The summed E-state index contributed by atoms with van der Waals surface area (Å²) in [5.74, 6) is 2.53. The zero-order chi connectivity index (χ0) is 16.6. The van der Waals surface area contributed by atoms with Crippen LogP contribution < -0.4 is 5.32 Å². The molecule has 1 saturated heterocycles.